The molecular formula is C25H32N4O2. The summed E-state index contributed by atoms with van der Waals surface area (Å²) in [7, 11) is 0. The summed E-state index contributed by atoms with van der Waals surface area (Å²) in [6.07, 6.45) is 12.0. The van der Waals surface area contributed by atoms with Gasteiger partial charge in [0.1, 0.15) is 0 Å². The topological polar surface area (TPSA) is 86.3 Å². The van der Waals surface area contributed by atoms with Gasteiger partial charge < -0.3 is 15.7 Å². The zero-order chi connectivity index (χ0) is 21.5. The van der Waals surface area contributed by atoms with E-state index in [1.54, 1.807) is 0 Å². The average molecular weight is 421 g/mol. The van der Waals surface area contributed by atoms with Gasteiger partial charge in [-0.1, -0.05) is 30.7 Å². The zero-order valence-corrected chi connectivity index (χ0v) is 17.9. The van der Waals surface area contributed by atoms with E-state index in [0.717, 1.165) is 55.4 Å². The van der Waals surface area contributed by atoms with Crippen molar-refractivity contribution in [2.75, 3.05) is 19.6 Å². The lowest BCUT2D eigenvalue weighted by Crippen LogP contribution is -2.49. The third-order valence-corrected chi connectivity index (χ3v) is 6.17. The molecule has 6 heteroatoms. The van der Waals surface area contributed by atoms with Gasteiger partial charge in [-0.05, 0) is 74.0 Å². The second-order valence-corrected chi connectivity index (χ2v) is 8.50. The van der Waals surface area contributed by atoms with Crippen LogP contribution in [0.15, 0.2) is 60.0 Å². The summed E-state index contributed by atoms with van der Waals surface area (Å²) >= 11 is 0. The van der Waals surface area contributed by atoms with Crippen LogP contribution in [0.2, 0.25) is 0 Å². The van der Waals surface area contributed by atoms with Gasteiger partial charge in [-0.2, -0.15) is 0 Å². The number of carbonyl (C=O) groups is 1. The molecule has 0 radical (unpaired) electrons. The first-order chi connectivity index (χ1) is 15.2. The number of para-hydroxylation sites is 1. The van der Waals surface area contributed by atoms with Gasteiger partial charge in [0.2, 0.25) is 0 Å². The van der Waals surface area contributed by atoms with E-state index in [0.29, 0.717) is 6.17 Å². The van der Waals surface area contributed by atoms with Gasteiger partial charge in [0.15, 0.2) is 0 Å². The molecular weight excluding hydrogens is 388 g/mol. The highest BCUT2D eigenvalue weighted by atomic mass is 16.4. The maximum atomic E-state index is 11.4. The van der Waals surface area contributed by atoms with E-state index in [4.69, 9.17) is 0 Å². The van der Waals surface area contributed by atoms with Gasteiger partial charge in [0.05, 0.1) is 18.1 Å². The number of benzene rings is 1. The highest BCUT2D eigenvalue weighted by Gasteiger charge is 2.20. The second kappa shape index (κ2) is 10.6. The zero-order valence-electron chi connectivity index (χ0n) is 17.9. The number of fused-ring (bicyclic) bond motifs is 2. The predicted molar refractivity (Wildman–Crippen MR) is 124 cm³/mol. The highest BCUT2D eigenvalue weighted by Crippen LogP contribution is 2.27. The Kier molecular flexibility index (Phi) is 7.33. The average Bonchev–Trinajstić information content (AvgIpc) is 2.80. The molecule has 164 valence electrons. The fourth-order valence-corrected chi connectivity index (χ4v) is 4.46. The number of allylic oxidation sites excluding steroid dienone is 2. The fourth-order valence-electron chi connectivity index (χ4n) is 4.46. The number of carboxylic acids is 1. The number of hydrogen-bond acceptors (Lipinski definition) is 5. The number of piperidine rings is 1. The third kappa shape index (κ3) is 5.93. The van der Waals surface area contributed by atoms with E-state index in [2.05, 4.69) is 39.2 Å². The lowest BCUT2D eigenvalue weighted by Gasteiger charge is -2.32. The van der Waals surface area contributed by atoms with Crippen LogP contribution in [0.4, 0.5) is 0 Å². The molecule has 2 unspecified atom stereocenters. The Labute approximate surface area is 183 Å². The number of dihydropyridines is 1. The first kappa shape index (κ1) is 21.5. The number of aliphatic carboxylic acids is 1. The van der Waals surface area contributed by atoms with Crippen LogP contribution in [-0.2, 0) is 4.79 Å². The molecule has 0 bridgehead atoms. The molecule has 1 fully saturated rings. The van der Waals surface area contributed by atoms with Gasteiger partial charge in [0.25, 0.3) is 0 Å². The molecule has 0 aliphatic carbocycles. The number of hydrogen-bond donors (Lipinski definition) is 4. The second-order valence-electron chi connectivity index (χ2n) is 8.50. The van der Waals surface area contributed by atoms with Crippen LogP contribution >= 0.6 is 0 Å². The SMILES string of the molecule is O=C(O)CC(CCCCNCC1=CC=C2CCCNC2N1)c1cnc2ccccc2c1. The molecule has 2 aliphatic rings. The molecule has 2 aromatic rings. The molecule has 4 N–H and O–H groups in total. The summed E-state index contributed by atoms with van der Waals surface area (Å²) in [5.74, 6) is -0.756. The maximum Gasteiger partial charge on any atom is 0.303 e. The van der Waals surface area contributed by atoms with Crippen molar-refractivity contribution in [2.45, 2.75) is 50.6 Å². The van der Waals surface area contributed by atoms with E-state index >= 15 is 0 Å². The van der Waals surface area contributed by atoms with E-state index < -0.39 is 5.97 Å². The summed E-state index contributed by atoms with van der Waals surface area (Å²) in [6.45, 7) is 2.82. The Morgan fingerprint density at radius 1 is 1.26 bits per heavy atom. The number of pyridine rings is 1. The molecule has 6 nitrogen and oxygen atoms in total. The lowest BCUT2D eigenvalue weighted by molar-refractivity contribution is -0.137. The normalized spacial score (nSPS) is 19.2. The molecule has 0 amide bonds. The van der Waals surface area contributed by atoms with Crippen LogP contribution < -0.4 is 16.0 Å². The van der Waals surface area contributed by atoms with Crippen molar-refractivity contribution in [2.24, 2.45) is 0 Å². The summed E-state index contributed by atoms with van der Waals surface area (Å²) in [6, 6.07) is 10.1. The van der Waals surface area contributed by atoms with Crippen molar-refractivity contribution in [1.29, 1.82) is 0 Å². The summed E-state index contributed by atoms with van der Waals surface area (Å²) in [5.41, 5.74) is 4.63. The Morgan fingerprint density at radius 2 is 2.16 bits per heavy atom. The van der Waals surface area contributed by atoms with Crippen molar-refractivity contribution in [1.82, 2.24) is 20.9 Å². The quantitative estimate of drug-likeness (QED) is 0.439. The summed E-state index contributed by atoms with van der Waals surface area (Å²) in [5, 5.41) is 21.0. The minimum absolute atomic E-state index is 0.00161. The van der Waals surface area contributed by atoms with Crippen molar-refractivity contribution in [3.63, 3.8) is 0 Å². The minimum atomic E-state index is -0.754. The van der Waals surface area contributed by atoms with E-state index in [9.17, 15) is 9.90 Å². The molecule has 3 heterocycles. The summed E-state index contributed by atoms with van der Waals surface area (Å²) < 4.78 is 0. The monoisotopic (exact) mass is 420 g/mol. The lowest BCUT2D eigenvalue weighted by atomic mass is 9.91. The molecule has 1 aromatic heterocycles. The number of nitrogens with one attached hydrogen (secondary N) is 3. The van der Waals surface area contributed by atoms with E-state index in [1.165, 1.54) is 24.1 Å². The molecule has 2 aliphatic heterocycles. The first-order valence-corrected chi connectivity index (χ1v) is 11.4. The standard InChI is InChI=1S/C25H32N4O2/c30-24(31)15-19(21-14-20-7-1-2-9-23(20)28-16-21)6-3-4-12-26-17-22-11-10-18-8-5-13-27-25(18)29-22/h1-2,7,9-11,14,16,19,25-27,29H,3-6,8,12-13,15,17H2,(H,30,31). The van der Waals surface area contributed by atoms with Crippen LogP contribution in [0.3, 0.4) is 0 Å². The van der Waals surface area contributed by atoms with Crippen LogP contribution in [0.5, 0.6) is 0 Å². The number of nitrogens with zero attached hydrogens (tertiary/aromatic N) is 1. The third-order valence-electron chi connectivity index (χ3n) is 6.17. The van der Waals surface area contributed by atoms with Gasteiger partial charge >= 0.3 is 5.97 Å². The number of rotatable bonds is 10. The van der Waals surface area contributed by atoms with E-state index in [1.807, 2.05) is 30.5 Å². The van der Waals surface area contributed by atoms with Gasteiger partial charge in [-0.25, -0.2) is 0 Å². The molecule has 4 rings (SSSR count). The van der Waals surface area contributed by atoms with Gasteiger partial charge in [-0.3, -0.25) is 15.1 Å². The van der Waals surface area contributed by atoms with Crippen LogP contribution in [0, 0.1) is 0 Å². The molecule has 2 atom stereocenters. The molecule has 0 saturated carbocycles. The smallest absolute Gasteiger partial charge is 0.303 e. The number of aromatic nitrogens is 1. The van der Waals surface area contributed by atoms with Crippen molar-refractivity contribution in [3.8, 4) is 0 Å². The fraction of sp³-hybridized carbons (Fsp3) is 0.440. The number of unbranched alkanes of at least 4 members (excludes halogenated alkanes) is 1. The van der Waals surface area contributed by atoms with Gasteiger partial charge in [-0.15, -0.1) is 0 Å². The van der Waals surface area contributed by atoms with Crippen molar-refractivity contribution < 1.29 is 9.90 Å². The van der Waals surface area contributed by atoms with Crippen molar-refractivity contribution >= 4 is 16.9 Å². The van der Waals surface area contributed by atoms with Crippen LogP contribution in [0.1, 0.15) is 50.0 Å². The van der Waals surface area contributed by atoms with Crippen LogP contribution in [-0.4, -0.2) is 41.9 Å². The minimum Gasteiger partial charge on any atom is -0.481 e. The first-order valence-electron chi connectivity index (χ1n) is 11.4. The van der Waals surface area contributed by atoms with Crippen molar-refractivity contribution in [3.05, 3.63) is 65.5 Å². The highest BCUT2D eigenvalue weighted by molar-refractivity contribution is 5.79. The van der Waals surface area contributed by atoms with E-state index in [-0.39, 0.29) is 12.3 Å². The molecule has 0 spiro atoms. The molecule has 1 aromatic carbocycles. The Balaban J connectivity index is 1.23. The number of carboxylic acid groups (broad SMARTS) is 1. The van der Waals surface area contributed by atoms with Crippen LogP contribution in [0.25, 0.3) is 10.9 Å². The van der Waals surface area contributed by atoms with Gasteiger partial charge in [0, 0.05) is 23.8 Å². The Morgan fingerprint density at radius 3 is 3.06 bits per heavy atom. The Hall–Kier alpha value is -2.70. The molecule has 1 saturated heterocycles. The maximum absolute atomic E-state index is 11.4. The predicted octanol–water partition coefficient (Wildman–Crippen LogP) is 3.68. The summed E-state index contributed by atoms with van der Waals surface area (Å²) in [4.78, 5) is 15.9. The Bertz CT molecular complexity index is 969. The molecule has 31 heavy (non-hydrogen) atoms. The largest absolute Gasteiger partial charge is 0.481 e.